The van der Waals surface area contributed by atoms with Gasteiger partial charge in [0, 0.05) is 57.4 Å². The van der Waals surface area contributed by atoms with E-state index in [0.717, 1.165) is 24.2 Å². The highest BCUT2D eigenvalue weighted by Gasteiger charge is 2.35. The smallest absolute Gasteiger partial charge is 0.242 e. The lowest BCUT2D eigenvalue weighted by Crippen LogP contribution is -2.52. The lowest BCUT2D eigenvalue weighted by molar-refractivity contribution is -0.142. The minimum atomic E-state index is -0.0252. The summed E-state index contributed by atoms with van der Waals surface area (Å²) in [6, 6.07) is 9.43. The molecule has 0 atom stereocenters. The zero-order chi connectivity index (χ0) is 24.8. The van der Waals surface area contributed by atoms with Gasteiger partial charge in [-0.2, -0.15) is 0 Å². The molecule has 35 heavy (non-hydrogen) atoms. The van der Waals surface area contributed by atoms with Crippen LogP contribution in [-0.4, -0.2) is 99.0 Å². The molecule has 1 aromatic carbocycles. The topological polar surface area (TPSA) is 97.3 Å². The number of carbonyl (C=O) groups excluding carboxylic acids is 2. The molecule has 1 saturated heterocycles. The molecule has 1 saturated carbocycles. The number of rotatable bonds is 10. The van der Waals surface area contributed by atoms with Gasteiger partial charge in [-0.1, -0.05) is 0 Å². The molecule has 2 fully saturated rings. The van der Waals surface area contributed by atoms with Crippen LogP contribution in [0.2, 0.25) is 0 Å². The number of piperazine rings is 1. The first-order chi connectivity index (χ1) is 17.0. The first kappa shape index (κ1) is 24.7. The van der Waals surface area contributed by atoms with Crippen molar-refractivity contribution in [3.63, 3.8) is 0 Å². The second kappa shape index (κ2) is 11.4. The van der Waals surface area contributed by atoms with Crippen LogP contribution in [0.3, 0.4) is 0 Å². The van der Waals surface area contributed by atoms with E-state index in [2.05, 4.69) is 15.1 Å². The number of nitrogens with zero attached hydrogens (tertiary/aromatic N) is 5. The number of methoxy groups -OCH3 is 3. The van der Waals surface area contributed by atoms with Crippen molar-refractivity contribution in [2.45, 2.75) is 12.8 Å². The third kappa shape index (κ3) is 6.00. The van der Waals surface area contributed by atoms with Gasteiger partial charge in [0.05, 0.1) is 33.1 Å². The Balaban J connectivity index is 1.33. The number of benzene rings is 1. The highest BCUT2D eigenvalue weighted by Crippen LogP contribution is 2.32. The maximum absolute atomic E-state index is 12.9. The molecule has 2 aliphatic rings. The molecule has 10 nitrogen and oxygen atoms in total. The van der Waals surface area contributed by atoms with Crippen LogP contribution >= 0.6 is 0 Å². The Labute approximate surface area is 205 Å². The van der Waals surface area contributed by atoms with Crippen molar-refractivity contribution in [3.05, 3.63) is 30.3 Å². The summed E-state index contributed by atoms with van der Waals surface area (Å²) in [5.41, 5.74) is 1.54. The summed E-state index contributed by atoms with van der Waals surface area (Å²) >= 11 is 0. The van der Waals surface area contributed by atoms with E-state index in [4.69, 9.17) is 14.2 Å². The number of amides is 2. The zero-order valence-electron chi connectivity index (χ0n) is 20.6. The monoisotopic (exact) mass is 483 g/mol. The van der Waals surface area contributed by atoms with Gasteiger partial charge < -0.3 is 28.9 Å². The van der Waals surface area contributed by atoms with Crippen LogP contribution in [0.25, 0.3) is 11.3 Å². The molecule has 10 heteroatoms. The van der Waals surface area contributed by atoms with Crippen LogP contribution in [0.15, 0.2) is 30.3 Å². The summed E-state index contributed by atoms with van der Waals surface area (Å²) in [6.45, 7) is 3.43. The zero-order valence-corrected chi connectivity index (χ0v) is 20.6. The van der Waals surface area contributed by atoms with E-state index < -0.39 is 0 Å². The fourth-order valence-corrected chi connectivity index (χ4v) is 4.15. The second-order valence-corrected chi connectivity index (χ2v) is 8.74. The molecule has 4 rings (SSSR count). The van der Waals surface area contributed by atoms with Gasteiger partial charge in [0.15, 0.2) is 5.82 Å². The minimum absolute atomic E-state index is 0.0252. The molecule has 0 spiro atoms. The molecule has 1 aliphatic heterocycles. The van der Waals surface area contributed by atoms with Crippen LogP contribution in [0.1, 0.15) is 12.8 Å². The Kier molecular flexibility index (Phi) is 8.02. The van der Waals surface area contributed by atoms with Crippen LogP contribution in [0.4, 0.5) is 5.82 Å². The average molecular weight is 484 g/mol. The fourth-order valence-electron chi connectivity index (χ4n) is 4.15. The van der Waals surface area contributed by atoms with E-state index >= 15 is 0 Å². The lowest BCUT2D eigenvalue weighted by Gasteiger charge is -2.36. The molecule has 2 aromatic rings. The number of hydrogen-bond acceptors (Lipinski definition) is 8. The van der Waals surface area contributed by atoms with Crippen LogP contribution in [0, 0.1) is 5.92 Å². The molecule has 0 N–H and O–H groups in total. The first-order valence-electron chi connectivity index (χ1n) is 11.9. The second-order valence-electron chi connectivity index (χ2n) is 8.74. The summed E-state index contributed by atoms with van der Waals surface area (Å²) in [7, 11) is 4.82. The van der Waals surface area contributed by atoms with Gasteiger partial charge in [-0.25, -0.2) is 0 Å². The van der Waals surface area contributed by atoms with E-state index in [1.165, 1.54) is 0 Å². The minimum Gasteiger partial charge on any atom is -0.497 e. The predicted molar refractivity (Wildman–Crippen MR) is 131 cm³/mol. The number of hydrogen-bond donors (Lipinski definition) is 0. The third-order valence-corrected chi connectivity index (χ3v) is 6.42. The molecule has 0 unspecified atom stereocenters. The maximum Gasteiger partial charge on any atom is 0.242 e. The highest BCUT2D eigenvalue weighted by molar-refractivity contribution is 5.87. The maximum atomic E-state index is 12.9. The summed E-state index contributed by atoms with van der Waals surface area (Å²) < 4.78 is 15.9. The predicted octanol–water partition coefficient (Wildman–Crippen LogP) is 1.69. The molecule has 0 radical (unpaired) electrons. The Morgan fingerprint density at radius 2 is 1.77 bits per heavy atom. The van der Waals surface area contributed by atoms with Crippen molar-refractivity contribution in [3.8, 4) is 22.8 Å². The number of ether oxygens (including phenoxy) is 3. The normalized spacial score (nSPS) is 15.6. The molecule has 2 amide bonds. The molecule has 188 valence electrons. The van der Waals surface area contributed by atoms with Crippen molar-refractivity contribution < 1.29 is 23.8 Å². The van der Waals surface area contributed by atoms with Gasteiger partial charge in [0.2, 0.25) is 11.8 Å². The van der Waals surface area contributed by atoms with Crippen LogP contribution in [0.5, 0.6) is 11.5 Å². The van der Waals surface area contributed by atoms with Crippen molar-refractivity contribution in [2.24, 2.45) is 5.92 Å². The van der Waals surface area contributed by atoms with Gasteiger partial charge in [-0.05, 0) is 37.1 Å². The molecule has 1 aliphatic carbocycles. The Morgan fingerprint density at radius 1 is 1.00 bits per heavy atom. The van der Waals surface area contributed by atoms with Gasteiger partial charge in [-0.15, -0.1) is 10.2 Å². The van der Waals surface area contributed by atoms with Crippen LogP contribution in [-0.2, 0) is 14.3 Å². The molecule has 0 bridgehead atoms. The third-order valence-electron chi connectivity index (χ3n) is 6.42. The lowest BCUT2D eigenvalue weighted by atomic mass is 10.1. The molecule has 2 heterocycles. The van der Waals surface area contributed by atoms with E-state index in [0.29, 0.717) is 56.5 Å². The van der Waals surface area contributed by atoms with Crippen molar-refractivity contribution >= 4 is 17.6 Å². The van der Waals surface area contributed by atoms with E-state index in [9.17, 15) is 9.59 Å². The number of carbonyl (C=O) groups is 2. The van der Waals surface area contributed by atoms with E-state index in [-0.39, 0.29) is 24.3 Å². The SMILES string of the molecule is COCCN(CC(=O)N1CCN(c2ccc(-c3ccc(OC)cc3OC)nn2)CC1)C(=O)C1CC1. The fraction of sp³-hybridized carbons (Fsp3) is 0.520. The number of anilines is 1. The van der Waals surface area contributed by atoms with E-state index in [1.54, 1.807) is 26.2 Å². The quantitative estimate of drug-likeness (QED) is 0.504. The first-order valence-corrected chi connectivity index (χ1v) is 11.9. The van der Waals surface area contributed by atoms with Gasteiger partial charge >= 0.3 is 0 Å². The van der Waals surface area contributed by atoms with Crippen molar-refractivity contribution in [2.75, 3.05) is 72.1 Å². The van der Waals surface area contributed by atoms with Gasteiger partial charge in [-0.3, -0.25) is 9.59 Å². The number of aromatic nitrogens is 2. The largest absolute Gasteiger partial charge is 0.497 e. The molecule has 1 aromatic heterocycles. The molecular formula is C25H33N5O5. The van der Waals surface area contributed by atoms with Crippen molar-refractivity contribution in [1.29, 1.82) is 0 Å². The van der Waals surface area contributed by atoms with Crippen LogP contribution < -0.4 is 14.4 Å². The standard InChI is InChI=1S/C25H33N5O5/c1-33-15-14-30(25(32)18-4-5-18)17-24(31)29-12-10-28(11-13-29)23-9-8-21(26-27-23)20-7-6-19(34-2)16-22(20)35-3/h6-9,16,18H,4-5,10-15,17H2,1-3H3. The van der Waals surface area contributed by atoms with E-state index in [1.807, 2.05) is 35.2 Å². The van der Waals surface area contributed by atoms with Gasteiger partial charge in [0.25, 0.3) is 0 Å². The summed E-state index contributed by atoms with van der Waals surface area (Å²) in [4.78, 5) is 31.0. The Bertz CT molecular complexity index is 1020. The Morgan fingerprint density at radius 3 is 2.37 bits per heavy atom. The Hall–Kier alpha value is -3.40. The summed E-state index contributed by atoms with van der Waals surface area (Å²) in [5.74, 6) is 2.26. The summed E-state index contributed by atoms with van der Waals surface area (Å²) in [5, 5.41) is 8.82. The highest BCUT2D eigenvalue weighted by atomic mass is 16.5. The molecular weight excluding hydrogens is 450 g/mol. The van der Waals surface area contributed by atoms with Gasteiger partial charge in [0.1, 0.15) is 11.5 Å². The summed E-state index contributed by atoms with van der Waals surface area (Å²) in [6.07, 6.45) is 1.83. The average Bonchev–Trinajstić information content (AvgIpc) is 3.76. The van der Waals surface area contributed by atoms with Crippen molar-refractivity contribution in [1.82, 2.24) is 20.0 Å².